The van der Waals surface area contributed by atoms with Gasteiger partial charge in [0.25, 0.3) is 0 Å². The maximum Gasteiger partial charge on any atom is 0.234 e. The van der Waals surface area contributed by atoms with E-state index in [4.69, 9.17) is 0 Å². The van der Waals surface area contributed by atoms with E-state index in [1.807, 2.05) is 6.20 Å². The van der Waals surface area contributed by atoms with Crippen molar-refractivity contribution in [2.45, 2.75) is 12.3 Å². The number of benzene rings is 1. The number of halogens is 1. The van der Waals surface area contributed by atoms with Crippen molar-refractivity contribution in [3.8, 4) is 11.3 Å². The molecule has 1 fully saturated rings. The van der Waals surface area contributed by atoms with Crippen LogP contribution in [0.25, 0.3) is 17.0 Å². The van der Waals surface area contributed by atoms with Crippen LogP contribution in [0, 0.1) is 5.82 Å². The molecule has 0 spiro atoms. The Bertz CT molecular complexity index is 773. The lowest BCUT2D eigenvalue weighted by Crippen LogP contribution is -2.11. The minimum absolute atomic E-state index is 0.231. The Morgan fingerprint density at radius 1 is 1.14 bits per heavy atom. The van der Waals surface area contributed by atoms with Gasteiger partial charge in [-0.2, -0.15) is 0 Å². The first-order valence-electron chi connectivity index (χ1n) is 7.12. The molecule has 3 heterocycles. The van der Waals surface area contributed by atoms with Gasteiger partial charge in [0, 0.05) is 29.9 Å². The van der Waals surface area contributed by atoms with Crippen molar-refractivity contribution in [2.24, 2.45) is 0 Å². The van der Waals surface area contributed by atoms with E-state index in [1.54, 1.807) is 18.3 Å². The van der Waals surface area contributed by atoms with Crippen molar-refractivity contribution in [1.29, 1.82) is 0 Å². The first-order valence-corrected chi connectivity index (χ1v) is 7.12. The molecule has 0 bridgehead atoms. The van der Waals surface area contributed by atoms with Crippen LogP contribution in [-0.4, -0.2) is 27.5 Å². The van der Waals surface area contributed by atoms with Gasteiger partial charge in [0.15, 0.2) is 0 Å². The summed E-state index contributed by atoms with van der Waals surface area (Å²) in [4.78, 5) is 8.72. The molecule has 1 aromatic carbocycles. The second-order valence-corrected chi connectivity index (χ2v) is 5.35. The maximum absolute atomic E-state index is 13.1. The topological polar surface area (TPSA) is 42.2 Å². The van der Waals surface area contributed by atoms with Gasteiger partial charge < -0.3 is 5.32 Å². The summed E-state index contributed by atoms with van der Waals surface area (Å²) in [5, 5.41) is 3.39. The highest BCUT2D eigenvalue weighted by molar-refractivity contribution is 5.63. The number of nitrogens with one attached hydrogen (secondary N) is 1. The molecular weight excluding hydrogens is 267 g/mol. The van der Waals surface area contributed by atoms with E-state index in [1.165, 1.54) is 17.8 Å². The molecule has 0 saturated carbocycles. The quantitative estimate of drug-likeness (QED) is 0.785. The Hall–Kier alpha value is -2.27. The van der Waals surface area contributed by atoms with Gasteiger partial charge in [0.05, 0.1) is 11.9 Å². The zero-order valence-electron chi connectivity index (χ0n) is 11.5. The Labute approximate surface area is 121 Å². The highest BCUT2D eigenvalue weighted by Gasteiger charge is 2.21. The average Bonchev–Trinajstić information content (AvgIpc) is 3.17. The number of fused-ring (bicyclic) bond motifs is 1. The molecule has 1 aliphatic rings. The number of hydrogen-bond donors (Lipinski definition) is 1. The Balaban J connectivity index is 1.91. The second-order valence-electron chi connectivity index (χ2n) is 5.35. The molecule has 21 heavy (non-hydrogen) atoms. The minimum atomic E-state index is -0.231. The van der Waals surface area contributed by atoms with Crippen molar-refractivity contribution in [3.05, 3.63) is 54.2 Å². The summed E-state index contributed by atoms with van der Waals surface area (Å²) < 4.78 is 15.2. The Morgan fingerprint density at radius 2 is 2.00 bits per heavy atom. The van der Waals surface area contributed by atoms with E-state index >= 15 is 0 Å². The van der Waals surface area contributed by atoms with Gasteiger partial charge in [-0.3, -0.25) is 4.40 Å². The van der Waals surface area contributed by atoms with Crippen molar-refractivity contribution < 1.29 is 4.39 Å². The average molecular weight is 282 g/mol. The van der Waals surface area contributed by atoms with Crippen LogP contribution in [0.2, 0.25) is 0 Å². The summed E-state index contributed by atoms with van der Waals surface area (Å²) in [6.45, 7) is 2.01. The number of nitrogens with zero attached hydrogens (tertiary/aromatic N) is 3. The number of hydrogen-bond acceptors (Lipinski definition) is 3. The third kappa shape index (κ3) is 2.10. The predicted octanol–water partition coefficient (Wildman–Crippen LogP) is 2.61. The Kier molecular flexibility index (Phi) is 2.93. The third-order valence-corrected chi connectivity index (χ3v) is 4.06. The molecule has 0 radical (unpaired) electrons. The van der Waals surface area contributed by atoms with Gasteiger partial charge in [-0.15, -0.1) is 0 Å². The molecule has 0 unspecified atom stereocenters. The zero-order valence-corrected chi connectivity index (χ0v) is 11.5. The molecule has 3 aromatic rings. The fourth-order valence-electron chi connectivity index (χ4n) is 2.99. The van der Waals surface area contributed by atoms with Crippen molar-refractivity contribution >= 4 is 5.78 Å². The van der Waals surface area contributed by atoms with Crippen LogP contribution in [0.1, 0.15) is 18.0 Å². The van der Waals surface area contributed by atoms with Gasteiger partial charge >= 0.3 is 0 Å². The van der Waals surface area contributed by atoms with Crippen LogP contribution < -0.4 is 5.32 Å². The largest absolute Gasteiger partial charge is 0.316 e. The first kappa shape index (κ1) is 12.5. The standard InChI is InChI=1S/C16H15FN4/c17-13-3-1-11(2-4-13)15-10-20-16-19-8-6-14(21(15)16)12-5-7-18-9-12/h1-4,6,8,10,12,18H,5,7,9H2/t12-/m0/s1. The first-order chi connectivity index (χ1) is 10.3. The van der Waals surface area contributed by atoms with Crippen molar-refractivity contribution in [1.82, 2.24) is 19.7 Å². The SMILES string of the molecule is Fc1ccc(-c2cnc3nccc([C@H]4CCNC4)n23)cc1. The molecule has 106 valence electrons. The third-order valence-electron chi connectivity index (χ3n) is 4.06. The smallest absolute Gasteiger partial charge is 0.234 e. The second kappa shape index (κ2) is 4.93. The fraction of sp³-hybridized carbons (Fsp3) is 0.250. The number of aromatic nitrogens is 3. The Morgan fingerprint density at radius 3 is 2.76 bits per heavy atom. The highest BCUT2D eigenvalue weighted by Crippen LogP contribution is 2.27. The zero-order chi connectivity index (χ0) is 14.2. The van der Waals surface area contributed by atoms with E-state index in [2.05, 4.69) is 25.8 Å². The number of imidazole rings is 1. The monoisotopic (exact) mass is 282 g/mol. The van der Waals surface area contributed by atoms with Crippen LogP contribution in [0.15, 0.2) is 42.7 Å². The van der Waals surface area contributed by atoms with Gasteiger partial charge in [-0.05, 0) is 43.3 Å². The molecule has 0 amide bonds. The molecule has 1 aliphatic heterocycles. The molecule has 2 aromatic heterocycles. The molecule has 4 nitrogen and oxygen atoms in total. The minimum Gasteiger partial charge on any atom is -0.316 e. The van der Waals surface area contributed by atoms with E-state index in [0.717, 1.165) is 30.8 Å². The molecule has 1 saturated heterocycles. The molecule has 1 atom stereocenters. The molecule has 5 heteroatoms. The number of rotatable bonds is 2. The molecule has 1 N–H and O–H groups in total. The lowest BCUT2D eigenvalue weighted by Gasteiger charge is -2.13. The van der Waals surface area contributed by atoms with Gasteiger partial charge in [-0.1, -0.05) is 0 Å². The highest BCUT2D eigenvalue weighted by atomic mass is 19.1. The lowest BCUT2D eigenvalue weighted by atomic mass is 10.0. The molecule has 4 rings (SSSR count). The molecule has 0 aliphatic carbocycles. The van der Waals surface area contributed by atoms with Crippen LogP contribution >= 0.6 is 0 Å². The van der Waals surface area contributed by atoms with Crippen LogP contribution in [0.5, 0.6) is 0 Å². The van der Waals surface area contributed by atoms with Crippen molar-refractivity contribution in [2.75, 3.05) is 13.1 Å². The summed E-state index contributed by atoms with van der Waals surface area (Å²) in [5.41, 5.74) is 3.12. The normalized spacial score (nSPS) is 18.4. The van der Waals surface area contributed by atoms with Crippen LogP contribution in [0.3, 0.4) is 0 Å². The fourth-order valence-corrected chi connectivity index (χ4v) is 2.99. The van der Waals surface area contributed by atoms with E-state index in [9.17, 15) is 4.39 Å². The van der Waals surface area contributed by atoms with Gasteiger partial charge in [0.1, 0.15) is 5.82 Å². The van der Waals surface area contributed by atoms with Crippen LogP contribution in [-0.2, 0) is 0 Å². The van der Waals surface area contributed by atoms with Gasteiger partial charge in [0.2, 0.25) is 5.78 Å². The van der Waals surface area contributed by atoms with E-state index in [0.29, 0.717) is 11.7 Å². The van der Waals surface area contributed by atoms with E-state index in [-0.39, 0.29) is 5.82 Å². The summed E-state index contributed by atoms with van der Waals surface area (Å²) >= 11 is 0. The maximum atomic E-state index is 13.1. The summed E-state index contributed by atoms with van der Waals surface area (Å²) in [5.74, 6) is 0.925. The van der Waals surface area contributed by atoms with Crippen molar-refractivity contribution in [3.63, 3.8) is 0 Å². The molecular formula is C16H15FN4. The van der Waals surface area contributed by atoms with E-state index < -0.39 is 0 Å². The summed E-state index contributed by atoms with van der Waals surface area (Å²) in [6.07, 6.45) is 4.73. The van der Waals surface area contributed by atoms with Crippen LogP contribution in [0.4, 0.5) is 4.39 Å². The van der Waals surface area contributed by atoms with Gasteiger partial charge in [-0.25, -0.2) is 14.4 Å². The summed E-state index contributed by atoms with van der Waals surface area (Å²) in [6, 6.07) is 8.56. The summed E-state index contributed by atoms with van der Waals surface area (Å²) in [7, 11) is 0. The lowest BCUT2D eigenvalue weighted by molar-refractivity contribution is 0.628. The predicted molar refractivity (Wildman–Crippen MR) is 78.6 cm³/mol.